The monoisotopic (exact) mass is 532 g/mol. The molecule has 38 heavy (non-hydrogen) atoms. The summed E-state index contributed by atoms with van der Waals surface area (Å²) in [5.41, 5.74) is 0.772. The Hall–Kier alpha value is -1.92. The van der Waals surface area contributed by atoms with Gasteiger partial charge in [-0.2, -0.15) is 0 Å². The highest BCUT2D eigenvalue weighted by Crippen LogP contribution is 2.10. The molecular formula is C32H56N2O4. The second-order valence-electron chi connectivity index (χ2n) is 10.3. The Morgan fingerprint density at radius 2 is 0.974 bits per heavy atom. The van der Waals surface area contributed by atoms with E-state index in [-0.39, 0.29) is 0 Å². The normalized spacial score (nSPS) is 11.3. The minimum absolute atomic E-state index is 0.350. The zero-order chi connectivity index (χ0) is 27.8. The number of ether oxygens (including phenoxy) is 2. The first kappa shape index (κ1) is 34.1. The number of likely N-dealkylation sites (N-methyl/N-ethyl adjacent to an activating group) is 2. The van der Waals surface area contributed by atoms with Crippen LogP contribution in [-0.4, -0.2) is 74.2 Å². The molecule has 0 aliphatic carbocycles. The largest absolute Gasteiger partial charge is 0.461 e. The highest BCUT2D eigenvalue weighted by Gasteiger charge is 2.14. The van der Waals surface area contributed by atoms with Gasteiger partial charge in [0.15, 0.2) is 0 Å². The van der Waals surface area contributed by atoms with E-state index in [1.54, 1.807) is 24.3 Å². The lowest BCUT2D eigenvalue weighted by Crippen LogP contribution is -2.29. The van der Waals surface area contributed by atoms with E-state index >= 15 is 0 Å². The molecule has 0 unspecified atom stereocenters. The highest BCUT2D eigenvalue weighted by molar-refractivity contribution is 5.95. The Balaban J connectivity index is 2.34. The van der Waals surface area contributed by atoms with E-state index in [0.717, 1.165) is 39.3 Å². The molecule has 0 aliphatic rings. The van der Waals surface area contributed by atoms with Crippen LogP contribution in [0.5, 0.6) is 0 Å². The zero-order valence-electron chi connectivity index (χ0n) is 25.0. The van der Waals surface area contributed by atoms with Gasteiger partial charge < -0.3 is 19.3 Å². The van der Waals surface area contributed by atoms with Crippen molar-refractivity contribution in [3.8, 4) is 0 Å². The number of unbranched alkanes of at least 4 members (excludes halogenated alkanes) is 10. The van der Waals surface area contributed by atoms with Gasteiger partial charge in [-0.15, -0.1) is 0 Å². The van der Waals surface area contributed by atoms with Crippen LogP contribution in [-0.2, 0) is 9.47 Å². The first-order valence-electron chi connectivity index (χ1n) is 15.4. The number of benzene rings is 1. The molecule has 6 nitrogen and oxygen atoms in total. The van der Waals surface area contributed by atoms with Crippen LogP contribution in [0.15, 0.2) is 24.3 Å². The molecule has 0 saturated carbocycles. The first-order valence-corrected chi connectivity index (χ1v) is 15.4. The molecule has 218 valence electrons. The van der Waals surface area contributed by atoms with Crippen molar-refractivity contribution in [2.24, 2.45) is 0 Å². The highest BCUT2D eigenvalue weighted by atomic mass is 16.5. The topological polar surface area (TPSA) is 59.1 Å². The number of hydrogen-bond donors (Lipinski definition) is 0. The van der Waals surface area contributed by atoms with Crippen molar-refractivity contribution in [2.75, 3.05) is 52.5 Å². The predicted molar refractivity (Wildman–Crippen MR) is 158 cm³/mol. The first-order chi connectivity index (χ1) is 18.5. The molecule has 0 aromatic heterocycles. The van der Waals surface area contributed by atoms with Crippen LogP contribution in [0, 0.1) is 0 Å². The summed E-state index contributed by atoms with van der Waals surface area (Å²) in [7, 11) is 0. The number of nitrogens with zero attached hydrogens (tertiary/aromatic N) is 2. The second-order valence-corrected chi connectivity index (χ2v) is 10.3. The van der Waals surface area contributed by atoms with Crippen LogP contribution < -0.4 is 0 Å². The maximum atomic E-state index is 12.6. The Morgan fingerprint density at radius 1 is 0.579 bits per heavy atom. The van der Waals surface area contributed by atoms with Gasteiger partial charge in [0.2, 0.25) is 0 Å². The Morgan fingerprint density at radius 3 is 1.37 bits per heavy atom. The Bertz CT molecular complexity index is 683. The van der Waals surface area contributed by atoms with Crippen molar-refractivity contribution in [2.45, 2.75) is 105 Å². The Labute approximate surface area is 233 Å². The Kier molecular flexibility index (Phi) is 20.7. The van der Waals surface area contributed by atoms with E-state index < -0.39 is 11.9 Å². The van der Waals surface area contributed by atoms with E-state index in [0.29, 0.717) is 24.3 Å². The molecule has 1 aromatic rings. The molecule has 0 amide bonds. The SMILES string of the molecule is CCCCCCCCN(CC)CCOC(=O)c1cccc(C(=O)OCCN(CC)CCCCCCCC)c1. The van der Waals surface area contributed by atoms with Crippen LogP contribution in [0.1, 0.15) is 125 Å². The van der Waals surface area contributed by atoms with Gasteiger partial charge >= 0.3 is 11.9 Å². The third-order valence-corrected chi connectivity index (χ3v) is 7.17. The summed E-state index contributed by atoms with van der Waals surface area (Å²) in [5.74, 6) is -0.794. The molecule has 0 atom stereocenters. The van der Waals surface area contributed by atoms with Crippen molar-refractivity contribution in [3.05, 3.63) is 35.4 Å². The van der Waals surface area contributed by atoms with Crippen molar-refractivity contribution in [1.82, 2.24) is 9.80 Å². The number of rotatable bonds is 24. The van der Waals surface area contributed by atoms with Crippen molar-refractivity contribution < 1.29 is 19.1 Å². The van der Waals surface area contributed by atoms with Gasteiger partial charge in [0, 0.05) is 13.1 Å². The van der Waals surface area contributed by atoms with E-state index in [9.17, 15) is 9.59 Å². The number of carbonyl (C=O) groups excluding carboxylic acids is 2. The molecule has 0 heterocycles. The summed E-state index contributed by atoms with van der Waals surface area (Å²) in [6, 6.07) is 6.66. The molecule has 1 rings (SSSR count). The van der Waals surface area contributed by atoms with Gasteiger partial charge in [-0.1, -0.05) is 98.0 Å². The summed E-state index contributed by atoms with van der Waals surface area (Å²) >= 11 is 0. The van der Waals surface area contributed by atoms with E-state index in [1.807, 2.05) is 0 Å². The van der Waals surface area contributed by atoms with E-state index in [4.69, 9.17) is 9.47 Å². The van der Waals surface area contributed by atoms with Crippen LogP contribution >= 0.6 is 0 Å². The average Bonchev–Trinajstić information content (AvgIpc) is 2.94. The molecule has 6 heteroatoms. The summed E-state index contributed by atoms with van der Waals surface area (Å²) in [4.78, 5) is 29.8. The molecule has 0 aliphatic heterocycles. The van der Waals surface area contributed by atoms with E-state index in [2.05, 4.69) is 37.5 Å². The van der Waals surface area contributed by atoms with Crippen molar-refractivity contribution >= 4 is 11.9 Å². The lowest BCUT2D eigenvalue weighted by atomic mass is 10.1. The standard InChI is InChI=1S/C32H56N2O4/c1-5-9-11-13-15-17-22-33(7-3)24-26-37-31(35)29-20-19-21-30(28-29)32(36)38-27-25-34(8-4)23-18-16-14-12-10-6-2/h19-21,28H,5-18,22-27H2,1-4H3. The molecule has 0 spiro atoms. The third-order valence-electron chi connectivity index (χ3n) is 7.17. The van der Waals surface area contributed by atoms with Gasteiger partial charge in [-0.25, -0.2) is 9.59 Å². The summed E-state index contributed by atoms with van der Waals surface area (Å²) in [6.45, 7) is 14.9. The molecule has 0 radical (unpaired) electrons. The predicted octanol–water partition coefficient (Wildman–Crippen LogP) is 7.37. The fourth-order valence-corrected chi connectivity index (χ4v) is 4.56. The summed E-state index contributed by atoms with van der Waals surface area (Å²) in [5, 5.41) is 0. The maximum absolute atomic E-state index is 12.6. The van der Waals surface area contributed by atoms with Crippen LogP contribution in [0.25, 0.3) is 0 Å². The molecule has 1 aromatic carbocycles. The molecule has 0 bridgehead atoms. The summed E-state index contributed by atoms with van der Waals surface area (Å²) in [6.07, 6.45) is 15.3. The van der Waals surface area contributed by atoms with Crippen molar-refractivity contribution in [1.29, 1.82) is 0 Å². The fraction of sp³-hybridized carbons (Fsp3) is 0.750. The van der Waals surface area contributed by atoms with Gasteiger partial charge in [0.25, 0.3) is 0 Å². The van der Waals surface area contributed by atoms with Gasteiger partial charge in [-0.3, -0.25) is 0 Å². The van der Waals surface area contributed by atoms with E-state index in [1.165, 1.54) is 77.0 Å². The second kappa shape index (κ2) is 23.0. The van der Waals surface area contributed by atoms with Crippen LogP contribution in [0.3, 0.4) is 0 Å². The molecule has 0 N–H and O–H groups in total. The smallest absolute Gasteiger partial charge is 0.338 e. The lowest BCUT2D eigenvalue weighted by molar-refractivity contribution is 0.0461. The molecule has 0 saturated heterocycles. The summed E-state index contributed by atoms with van der Waals surface area (Å²) < 4.78 is 11.0. The minimum atomic E-state index is -0.397. The quantitative estimate of drug-likeness (QED) is 0.102. The average molecular weight is 533 g/mol. The maximum Gasteiger partial charge on any atom is 0.338 e. The third kappa shape index (κ3) is 16.1. The fourth-order valence-electron chi connectivity index (χ4n) is 4.56. The lowest BCUT2D eigenvalue weighted by Gasteiger charge is -2.20. The van der Waals surface area contributed by atoms with Gasteiger partial charge in [0.1, 0.15) is 13.2 Å². The van der Waals surface area contributed by atoms with Crippen molar-refractivity contribution in [3.63, 3.8) is 0 Å². The van der Waals surface area contributed by atoms with Gasteiger partial charge in [-0.05, 0) is 57.2 Å². The van der Waals surface area contributed by atoms with Crippen LogP contribution in [0.4, 0.5) is 0 Å². The zero-order valence-corrected chi connectivity index (χ0v) is 25.0. The van der Waals surface area contributed by atoms with Gasteiger partial charge in [0.05, 0.1) is 11.1 Å². The molecular weight excluding hydrogens is 476 g/mol. The molecule has 0 fully saturated rings. The number of hydrogen-bond acceptors (Lipinski definition) is 6. The number of esters is 2. The number of carbonyl (C=O) groups is 2. The minimum Gasteiger partial charge on any atom is -0.461 e. The van der Waals surface area contributed by atoms with Crippen LogP contribution in [0.2, 0.25) is 0 Å².